The molecule has 3 rings (SSSR count). The zero-order valence-corrected chi connectivity index (χ0v) is 8.17. The predicted octanol–water partition coefficient (Wildman–Crippen LogP) is 4.14. The highest BCUT2D eigenvalue weighted by molar-refractivity contribution is 7.80. The van der Waals surface area contributed by atoms with Gasteiger partial charge in [0.1, 0.15) is 11.2 Å². The van der Waals surface area contributed by atoms with Crippen LogP contribution in [-0.2, 0) is 0 Å². The number of benzene rings is 2. The molecule has 2 aromatic carbocycles. The van der Waals surface area contributed by atoms with Gasteiger partial charge in [-0.15, -0.1) is 0 Å². The van der Waals surface area contributed by atoms with E-state index in [2.05, 4.69) is 0 Å². The van der Waals surface area contributed by atoms with Crippen LogP contribution in [0.2, 0.25) is 0 Å². The van der Waals surface area contributed by atoms with E-state index in [1.54, 1.807) is 0 Å². The lowest BCUT2D eigenvalue weighted by molar-refractivity contribution is 0.668. The maximum Gasteiger partial charge on any atom is 0.136 e. The Morgan fingerprint density at radius 2 is 1.64 bits per heavy atom. The Bertz CT molecular complexity index is 610. The van der Waals surface area contributed by atoms with Crippen LogP contribution >= 0.6 is 12.6 Å². The smallest absolute Gasteiger partial charge is 0.136 e. The van der Waals surface area contributed by atoms with Gasteiger partial charge in [0.2, 0.25) is 0 Å². The first-order chi connectivity index (χ1) is 6.86. The number of furan rings is 1. The molecule has 0 N–H and O–H groups in total. The first kappa shape index (κ1) is 7.83. The number of hydrogen-bond donors (Lipinski definition) is 0. The quantitative estimate of drug-likeness (QED) is 0.530. The predicted molar refractivity (Wildman–Crippen MR) is 59.6 cm³/mol. The van der Waals surface area contributed by atoms with Crippen molar-refractivity contribution in [2.45, 2.75) is 4.90 Å². The molecule has 3 aromatic rings. The summed E-state index contributed by atoms with van der Waals surface area (Å²) >= 11 is 5.27. The third-order valence-corrected chi connectivity index (χ3v) is 2.70. The lowest BCUT2D eigenvalue weighted by Crippen LogP contribution is -1.68. The van der Waals surface area contributed by atoms with Gasteiger partial charge in [0.25, 0.3) is 0 Å². The topological polar surface area (TPSA) is 13.1 Å². The molecule has 0 aliphatic rings. The molecule has 1 aromatic heterocycles. The zero-order chi connectivity index (χ0) is 9.54. The fourth-order valence-electron chi connectivity index (χ4n) is 1.74. The van der Waals surface area contributed by atoms with Crippen molar-refractivity contribution in [1.29, 1.82) is 0 Å². The third kappa shape index (κ3) is 0.946. The highest BCUT2D eigenvalue weighted by Crippen LogP contribution is 2.32. The van der Waals surface area contributed by atoms with Gasteiger partial charge in [-0.2, -0.15) is 0 Å². The molecular formula is C12H7OS. The van der Waals surface area contributed by atoms with E-state index < -0.39 is 0 Å². The first-order valence-corrected chi connectivity index (χ1v) is 4.84. The molecule has 2 heteroatoms. The summed E-state index contributed by atoms with van der Waals surface area (Å²) in [6, 6.07) is 13.8. The molecule has 0 bridgehead atoms. The molecule has 1 heterocycles. The van der Waals surface area contributed by atoms with E-state index in [4.69, 9.17) is 17.0 Å². The van der Waals surface area contributed by atoms with E-state index in [1.807, 2.05) is 42.5 Å². The van der Waals surface area contributed by atoms with E-state index in [1.165, 1.54) is 0 Å². The molecule has 0 aliphatic carbocycles. The number of rotatable bonds is 0. The van der Waals surface area contributed by atoms with Crippen molar-refractivity contribution >= 4 is 34.6 Å². The highest BCUT2D eigenvalue weighted by atomic mass is 32.1. The summed E-state index contributed by atoms with van der Waals surface area (Å²) in [7, 11) is 0. The monoisotopic (exact) mass is 199 g/mol. The summed E-state index contributed by atoms with van der Waals surface area (Å²) in [4.78, 5) is 0.854. The van der Waals surface area contributed by atoms with E-state index in [0.29, 0.717) is 0 Å². The highest BCUT2D eigenvalue weighted by Gasteiger charge is 2.07. The minimum Gasteiger partial charge on any atom is -0.456 e. The van der Waals surface area contributed by atoms with Gasteiger partial charge in [0.05, 0.1) is 0 Å². The van der Waals surface area contributed by atoms with E-state index in [0.717, 1.165) is 26.8 Å². The molecule has 0 unspecified atom stereocenters. The summed E-state index contributed by atoms with van der Waals surface area (Å²) in [5, 5.41) is 2.16. The SMILES string of the molecule is [S]c1cccc2oc3ccccc3c12. The minimum atomic E-state index is 0.854. The molecule has 0 atom stereocenters. The lowest BCUT2D eigenvalue weighted by Gasteiger charge is -1.91. The van der Waals surface area contributed by atoms with Gasteiger partial charge in [0, 0.05) is 15.7 Å². The van der Waals surface area contributed by atoms with Crippen LogP contribution in [0, 0.1) is 0 Å². The molecule has 0 amide bonds. The first-order valence-electron chi connectivity index (χ1n) is 4.43. The van der Waals surface area contributed by atoms with Crippen molar-refractivity contribution in [2.75, 3.05) is 0 Å². The van der Waals surface area contributed by atoms with Crippen LogP contribution in [-0.4, -0.2) is 0 Å². The second-order valence-corrected chi connectivity index (χ2v) is 3.67. The van der Waals surface area contributed by atoms with E-state index >= 15 is 0 Å². The Kier molecular flexibility index (Phi) is 1.52. The van der Waals surface area contributed by atoms with E-state index in [9.17, 15) is 0 Å². The number of hydrogen-bond acceptors (Lipinski definition) is 1. The summed E-state index contributed by atoms with van der Waals surface area (Å²) in [5.74, 6) is 0. The second kappa shape index (κ2) is 2.72. The Morgan fingerprint density at radius 1 is 0.857 bits per heavy atom. The molecule has 0 fully saturated rings. The van der Waals surface area contributed by atoms with Crippen LogP contribution < -0.4 is 0 Å². The van der Waals surface area contributed by atoms with Crippen LogP contribution in [0.5, 0.6) is 0 Å². The Balaban J connectivity index is 2.65. The van der Waals surface area contributed by atoms with Crippen molar-refractivity contribution in [2.24, 2.45) is 0 Å². The molecule has 14 heavy (non-hydrogen) atoms. The Hall–Kier alpha value is -1.54. The molecule has 0 spiro atoms. The largest absolute Gasteiger partial charge is 0.456 e. The number of fused-ring (bicyclic) bond motifs is 3. The van der Waals surface area contributed by atoms with Gasteiger partial charge in [-0.25, -0.2) is 0 Å². The second-order valence-electron chi connectivity index (χ2n) is 3.23. The van der Waals surface area contributed by atoms with Gasteiger partial charge >= 0.3 is 0 Å². The van der Waals surface area contributed by atoms with Crippen LogP contribution in [0.3, 0.4) is 0 Å². The van der Waals surface area contributed by atoms with Crippen molar-refractivity contribution in [1.82, 2.24) is 0 Å². The summed E-state index contributed by atoms with van der Waals surface area (Å²) in [6.45, 7) is 0. The van der Waals surface area contributed by atoms with Crippen molar-refractivity contribution in [3.05, 3.63) is 42.5 Å². The fourth-order valence-corrected chi connectivity index (χ4v) is 2.03. The average Bonchev–Trinajstić information content (AvgIpc) is 2.57. The molecular weight excluding hydrogens is 192 g/mol. The van der Waals surface area contributed by atoms with Crippen molar-refractivity contribution < 1.29 is 4.42 Å². The lowest BCUT2D eigenvalue weighted by atomic mass is 10.1. The normalized spacial score (nSPS) is 11.1. The molecule has 1 radical (unpaired) electrons. The summed E-state index contributed by atoms with van der Waals surface area (Å²) < 4.78 is 5.67. The third-order valence-electron chi connectivity index (χ3n) is 2.36. The van der Waals surface area contributed by atoms with E-state index in [-0.39, 0.29) is 0 Å². The summed E-state index contributed by atoms with van der Waals surface area (Å²) in [5.41, 5.74) is 1.78. The molecule has 0 saturated heterocycles. The molecule has 0 saturated carbocycles. The summed E-state index contributed by atoms with van der Waals surface area (Å²) in [6.07, 6.45) is 0. The van der Waals surface area contributed by atoms with Crippen molar-refractivity contribution in [3.8, 4) is 0 Å². The zero-order valence-electron chi connectivity index (χ0n) is 7.36. The number of para-hydroxylation sites is 1. The van der Waals surface area contributed by atoms with Gasteiger partial charge in [-0.3, -0.25) is 0 Å². The minimum absolute atomic E-state index is 0.854. The van der Waals surface area contributed by atoms with Gasteiger partial charge in [-0.05, 0) is 18.2 Å². The average molecular weight is 199 g/mol. The van der Waals surface area contributed by atoms with Crippen molar-refractivity contribution in [3.63, 3.8) is 0 Å². The van der Waals surface area contributed by atoms with Crippen LogP contribution in [0.15, 0.2) is 51.8 Å². The molecule has 1 nitrogen and oxygen atoms in total. The Morgan fingerprint density at radius 3 is 2.57 bits per heavy atom. The van der Waals surface area contributed by atoms with Gasteiger partial charge in [0.15, 0.2) is 0 Å². The van der Waals surface area contributed by atoms with Crippen LogP contribution in [0.1, 0.15) is 0 Å². The maximum absolute atomic E-state index is 5.67. The molecule has 67 valence electrons. The molecule has 0 aliphatic heterocycles. The van der Waals surface area contributed by atoms with Crippen LogP contribution in [0.25, 0.3) is 21.9 Å². The maximum atomic E-state index is 5.67. The van der Waals surface area contributed by atoms with Gasteiger partial charge < -0.3 is 4.42 Å². The fraction of sp³-hybridized carbons (Fsp3) is 0. The standard InChI is InChI=1S/C12H7OS/c14-11-7-3-6-10-12(11)8-4-1-2-5-9(8)13-10/h1-7H. The Labute approximate surface area is 86.7 Å². The van der Waals surface area contributed by atoms with Gasteiger partial charge in [-0.1, -0.05) is 36.9 Å². The van der Waals surface area contributed by atoms with Crippen LogP contribution in [0.4, 0.5) is 0 Å².